The zero-order valence-electron chi connectivity index (χ0n) is 19.9. The van der Waals surface area contributed by atoms with Crippen LogP contribution in [0.2, 0.25) is 5.02 Å². The molecule has 0 saturated carbocycles. The summed E-state index contributed by atoms with van der Waals surface area (Å²) in [5.74, 6) is 0.0567. The fraction of sp³-hybridized carbons (Fsp3) is 0.375. The Balaban J connectivity index is 0.00000400. The van der Waals surface area contributed by atoms with Gasteiger partial charge in [-0.05, 0) is 0 Å². The minimum atomic E-state index is -4.62. The molecule has 0 fully saturated rings. The second-order valence-corrected chi connectivity index (χ2v) is 12.6. The van der Waals surface area contributed by atoms with E-state index in [9.17, 15) is 26.1 Å². The van der Waals surface area contributed by atoms with Crippen molar-refractivity contribution in [2.75, 3.05) is 22.9 Å². The second-order valence-electron chi connectivity index (χ2n) is 8.16. The van der Waals surface area contributed by atoms with Gasteiger partial charge in [-0.25, -0.2) is 0 Å². The first kappa shape index (κ1) is 30.8. The standard InChI is InChI=1S/C23H22BrClF3N3O4SSe.CH4/c1-4-13(8-20-31(12-36(32,33)34)21-15(24)11-37-22(21)35-20)7-19-29(5-2)17-9-14(23(26,27)28)16(25)10-18(17)30(19)6-3;/h7-11H,4-6,12H2,1-3H3;1H4. The summed E-state index contributed by atoms with van der Waals surface area (Å²) in [4.78, 5) is 5.52. The normalized spacial score (nSPS) is 15.5. The number of hydrogen-bond donors (Lipinski definition) is 0. The number of fused-ring (bicyclic) bond motifs is 2. The molecule has 0 radical (unpaired) electrons. The number of alkyl halides is 3. The van der Waals surface area contributed by atoms with Crippen LogP contribution in [0.1, 0.15) is 46.1 Å². The van der Waals surface area contributed by atoms with Crippen molar-refractivity contribution in [1.82, 2.24) is 0 Å². The Hall–Kier alpha value is -1.76. The van der Waals surface area contributed by atoms with Crippen LogP contribution in [0.5, 0.6) is 0 Å². The SMILES string of the molecule is C.CCC(=C/c1oc2[se]cc(Br)c2[n+]1CS(=O)(=O)[O-])/C=C1/N(CC)c2cc(Cl)c(C(F)(F)F)cc2N1CC. The van der Waals surface area contributed by atoms with Crippen molar-refractivity contribution >= 4 is 79.6 Å². The van der Waals surface area contributed by atoms with Gasteiger partial charge in [0.25, 0.3) is 0 Å². The zero-order valence-corrected chi connectivity index (χ0v) is 24.8. The van der Waals surface area contributed by atoms with Gasteiger partial charge in [-0.3, -0.25) is 0 Å². The first-order valence-corrected chi connectivity index (χ1v) is 15.8. The van der Waals surface area contributed by atoms with Gasteiger partial charge >= 0.3 is 219 Å². The molecule has 0 aliphatic carbocycles. The van der Waals surface area contributed by atoms with Gasteiger partial charge in [-0.1, -0.05) is 7.43 Å². The zero-order chi connectivity index (χ0) is 27.3. The topological polar surface area (TPSA) is 80.7 Å². The van der Waals surface area contributed by atoms with Crippen LogP contribution in [0.3, 0.4) is 0 Å². The van der Waals surface area contributed by atoms with Gasteiger partial charge in [-0.2, -0.15) is 13.2 Å². The predicted molar refractivity (Wildman–Crippen MR) is 146 cm³/mol. The van der Waals surface area contributed by atoms with Gasteiger partial charge < -0.3 is 0 Å². The van der Waals surface area contributed by atoms with Crippen LogP contribution in [0.15, 0.2) is 43.4 Å². The molecule has 0 amide bonds. The third kappa shape index (κ3) is 5.88. The number of benzene rings is 1. The molecule has 1 aliphatic rings. The number of anilines is 2. The maximum absolute atomic E-state index is 13.6. The van der Waals surface area contributed by atoms with E-state index in [1.807, 2.05) is 36.7 Å². The molecule has 0 saturated heterocycles. The second kappa shape index (κ2) is 11.4. The number of halogens is 5. The molecule has 3 aromatic rings. The summed E-state index contributed by atoms with van der Waals surface area (Å²) >= 11 is 9.25. The summed E-state index contributed by atoms with van der Waals surface area (Å²) in [6, 6.07) is 2.40. The van der Waals surface area contributed by atoms with Gasteiger partial charge in [0, 0.05) is 0 Å². The Morgan fingerprint density at radius 3 is 2.34 bits per heavy atom. The summed E-state index contributed by atoms with van der Waals surface area (Å²) in [5, 5.41) is -0.376. The number of allylic oxidation sites excluding steroid dienone is 2. The van der Waals surface area contributed by atoms with E-state index in [0.29, 0.717) is 51.2 Å². The van der Waals surface area contributed by atoms with Gasteiger partial charge in [-0.15, -0.1) is 0 Å². The molecule has 0 unspecified atom stereocenters. The van der Waals surface area contributed by atoms with Crippen molar-refractivity contribution in [2.24, 2.45) is 0 Å². The predicted octanol–water partition coefficient (Wildman–Crippen LogP) is 6.35. The molecule has 2 aromatic heterocycles. The van der Waals surface area contributed by atoms with E-state index in [-0.39, 0.29) is 32.8 Å². The van der Waals surface area contributed by atoms with E-state index in [1.165, 1.54) is 10.6 Å². The average Bonchev–Trinajstić information content (AvgIpc) is 3.41. The summed E-state index contributed by atoms with van der Waals surface area (Å²) in [6.45, 7) is 6.48. The van der Waals surface area contributed by atoms with Gasteiger partial charge in [0.2, 0.25) is 0 Å². The molecule has 14 heteroatoms. The molecule has 4 rings (SSSR count). The average molecular weight is 704 g/mol. The van der Waals surface area contributed by atoms with Gasteiger partial charge in [0.05, 0.1) is 0 Å². The van der Waals surface area contributed by atoms with E-state index in [1.54, 1.807) is 11.0 Å². The van der Waals surface area contributed by atoms with Gasteiger partial charge in [0.1, 0.15) is 0 Å². The number of aromatic nitrogens is 1. The molecule has 7 nitrogen and oxygen atoms in total. The van der Waals surface area contributed by atoms with Crippen molar-refractivity contribution in [3.63, 3.8) is 0 Å². The number of nitrogens with zero attached hydrogens (tertiary/aromatic N) is 3. The number of oxazole rings is 1. The summed E-state index contributed by atoms with van der Waals surface area (Å²) in [5.41, 5.74) is 1.29. The Bertz CT molecular complexity index is 1530. The molecule has 0 atom stereocenters. The quantitative estimate of drug-likeness (QED) is 0.162. The minimum absolute atomic E-state index is 0. The molecular weight excluding hydrogens is 678 g/mol. The maximum atomic E-state index is 13.6. The van der Waals surface area contributed by atoms with Crippen molar-refractivity contribution < 1.29 is 35.1 Å². The van der Waals surface area contributed by atoms with Crippen LogP contribution < -0.4 is 14.4 Å². The van der Waals surface area contributed by atoms with E-state index >= 15 is 0 Å². The van der Waals surface area contributed by atoms with Crippen LogP contribution in [0.25, 0.3) is 16.0 Å². The van der Waals surface area contributed by atoms with Crippen LogP contribution >= 0.6 is 27.5 Å². The van der Waals surface area contributed by atoms with Crippen molar-refractivity contribution in [2.45, 2.75) is 46.7 Å². The molecule has 0 N–H and O–H groups in total. The monoisotopic (exact) mass is 703 g/mol. The summed E-state index contributed by atoms with van der Waals surface area (Å²) in [7, 11) is -4.62. The molecule has 38 heavy (non-hydrogen) atoms. The van der Waals surface area contributed by atoms with E-state index in [2.05, 4.69) is 15.9 Å². The van der Waals surface area contributed by atoms with E-state index < -0.39 is 27.7 Å². The first-order chi connectivity index (χ1) is 17.3. The van der Waals surface area contributed by atoms with E-state index in [4.69, 9.17) is 16.0 Å². The van der Waals surface area contributed by atoms with E-state index in [0.717, 1.165) is 11.6 Å². The fourth-order valence-corrected chi connectivity index (χ4v) is 7.93. The number of rotatable bonds is 7. The van der Waals surface area contributed by atoms with Crippen LogP contribution in [0.4, 0.5) is 24.5 Å². The van der Waals surface area contributed by atoms with Gasteiger partial charge in [0.15, 0.2) is 0 Å². The molecule has 3 heterocycles. The Morgan fingerprint density at radius 2 is 1.82 bits per heavy atom. The van der Waals surface area contributed by atoms with Crippen molar-refractivity contribution in [3.05, 3.63) is 55.5 Å². The third-order valence-electron chi connectivity index (χ3n) is 5.88. The molecule has 208 valence electrons. The van der Waals surface area contributed by atoms with Crippen LogP contribution in [0, 0.1) is 0 Å². The van der Waals surface area contributed by atoms with Crippen molar-refractivity contribution in [1.29, 1.82) is 0 Å². The Labute approximate surface area is 238 Å². The van der Waals surface area contributed by atoms with Crippen molar-refractivity contribution in [3.8, 4) is 0 Å². The molecule has 0 spiro atoms. The molecule has 0 bridgehead atoms. The van der Waals surface area contributed by atoms with Crippen LogP contribution in [-0.2, 0) is 22.2 Å². The first-order valence-electron chi connectivity index (χ1n) is 11.2. The Morgan fingerprint density at radius 1 is 1.21 bits per heavy atom. The molecule has 1 aliphatic heterocycles. The third-order valence-corrected chi connectivity index (χ3v) is 9.82. The molecule has 1 aromatic carbocycles. The fourth-order valence-electron chi connectivity index (χ4n) is 4.26. The number of hydrogen-bond acceptors (Lipinski definition) is 6. The van der Waals surface area contributed by atoms with Crippen LogP contribution in [-0.4, -0.2) is 40.6 Å². The Kier molecular flexibility index (Phi) is 9.22. The summed E-state index contributed by atoms with van der Waals surface area (Å²) < 4.78 is 84.1. The molecular formula is C24H26BrClF3N3O4SSe. The summed E-state index contributed by atoms with van der Waals surface area (Å²) in [6.07, 6.45) is -0.608.